The summed E-state index contributed by atoms with van der Waals surface area (Å²) in [6.45, 7) is 2.06. The van der Waals surface area contributed by atoms with Crippen LogP contribution in [0.2, 0.25) is 0 Å². The Morgan fingerprint density at radius 3 is 2.96 bits per heavy atom. The van der Waals surface area contributed by atoms with Gasteiger partial charge in [-0.1, -0.05) is 11.8 Å². The second-order valence-corrected chi connectivity index (χ2v) is 8.13. The second-order valence-electron chi connectivity index (χ2n) is 6.32. The summed E-state index contributed by atoms with van der Waals surface area (Å²) in [5, 5.41) is 12.4. The lowest BCUT2D eigenvalue weighted by Crippen LogP contribution is -2.12. The summed E-state index contributed by atoms with van der Waals surface area (Å²) in [5.74, 6) is 1.31. The molecule has 0 amide bonds. The highest BCUT2D eigenvalue weighted by atomic mass is 32.2. The number of methoxy groups -OCH3 is 1. The molecule has 28 heavy (non-hydrogen) atoms. The van der Waals surface area contributed by atoms with Gasteiger partial charge in [-0.2, -0.15) is 0 Å². The van der Waals surface area contributed by atoms with Gasteiger partial charge < -0.3 is 4.74 Å². The fraction of sp³-hybridized carbons (Fsp3) is 0.158. The molecule has 1 aromatic carbocycles. The quantitative estimate of drug-likeness (QED) is 0.423. The van der Waals surface area contributed by atoms with E-state index in [4.69, 9.17) is 4.74 Å². The first-order chi connectivity index (χ1) is 13.6. The van der Waals surface area contributed by atoms with Crippen molar-refractivity contribution in [3.63, 3.8) is 0 Å². The normalized spacial score (nSPS) is 11.6. The van der Waals surface area contributed by atoms with Crippen LogP contribution in [0.25, 0.3) is 21.5 Å². The number of pyridine rings is 1. The molecule has 4 aromatic heterocycles. The van der Waals surface area contributed by atoms with Crippen molar-refractivity contribution in [2.75, 3.05) is 7.11 Å². The number of benzene rings is 1. The minimum atomic E-state index is -0.0706. The van der Waals surface area contributed by atoms with Crippen LogP contribution in [0.4, 0.5) is 0 Å². The van der Waals surface area contributed by atoms with Gasteiger partial charge in [0.1, 0.15) is 5.75 Å². The predicted octanol–water partition coefficient (Wildman–Crippen LogP) is 3.56. The van der Waals surface area contributed by atoms with Crippen molar-refractivity contribution in [1.82, 2.24) is 24.0 Å². The third kappa shape index (κ3) is 2.74. The van der Waals surface area contributed by atoms with E-state index in [2.05, 4.69) is 22.1 Å². The summed E-state index contributed by atoms with van der Waals surface area (Å²) in [7, 11) is 1.65. The molecule has 0 bridgehead atoms. The molecule has 4 heterocycles. The van der Waals surface area contributed by atoms with E-state index in [1.165, 1.54) is 23.1 Å². The first-order valence-corrected chi connectivity index (χ1v) is 10.4. The van der Waals surface area contributed by atoms with Gasteiger partial charge in [0.25, 0.3) is 5.56 Å². The molecule has 0 N–H and O–H groups in total. The minimum absolute atomic E-state index is 0.0706. The van der Waals surface area contributed by atoms with Crippen molar-refractivity contribution in [2.45, 2.75) is 17.8 Å². The summed E-state index contributed by atoms with van der Waals surface area (Å²) >= 11 is 2.95. The number of ether oxygens (including phenoxy) is 1. The van der Waals surface area contributed by atoms with Crippen molar-refractivity contribution in [3.8, 4) is 5.75 Å². The molecule has 0 fully saturated rings. The zero-order chi connectivity index (χ0) is 19.3. The van der Waals surface area contributed by atoms with Gasteiger partial charge in [0, 0.05) is 34.8 Å². The van der Waals surface area contributed by atoms with Gasteiger partial charge in [-0.25, -0.2) is 4.98 Å². The molecule has 5 aromatic rings. The molecule has 0 atom stereocenters. The second kappa shape index (κ2) is 6.61. The summed E-state index contributed by atoms with van der Waals surface area (Å²) in [6, 6.07) is 9.58. The first-order valence-electron chi connectivity index (χ1n) is 8.55. The lowest BCUT2D eigenvalue weighted by Gasteiger charge is -2.09. The van der Waals surface area contributed by atoms with E-state index in [0.717, 1.165) is 38.7 Å². The molecular weight excluding hydrogens is 394 g/mol. The number of rotatable bonds is 4. The van der Waals surface area contributed by atoms with Crippen molar-refractivity contribution in [2.24, 2.45) is 0 Å². The van der Waals surface area contributed by atoms with Crippen LogP contribution >= 0.6 is 23.1 Å². The van der Waals surface area contributed by atoms with Crippen LogP contribution in [0.15, 0.2) is 51.9 Å². The van der Waals surface area contributed by atoms with Crippen molar-refractivity contribution in [1.29, 1.82) is 0 Å². The van der Waals surface area contributed by atoms with E-state index < -0.39 is 0 Å². The SMILES string of the molecule is COc1ccc2c(C)cc3nnc(SCc4cc(=O)n5ccsc5n4)n3c2c1. The topological polar surface area (TPSA) is 73.8 Å². The lowest BCUT2D eigenvalue weighted by molar-refractivity contribution is 0.415. The van der Waals surface area contributed by atoms with Gasteiger partial charge in [-0.05, 0) is 30.7 Å². The van der Waals surface area contributed by atoms with Gasteiger partial charge in [0.05, 0.1) is 18.3 Å². The van der Waals surface area contributed by atoms with Crippen LogP contribution in [0, 0.1) is 6.92 Å². The van der Waals surface area contributed by atoms with E-state index in [1.54, 1.807) is 23.8 Å². The molecule has 0 unspecified atom stereocenters. The van der Waals surface area contributed by atoms with Crippen LogP contribution in [0.3, 0.4) is 0 Å². The van der Waals surface area contributed by atoms with Gasteiger partial charge >= 0.3 is 0 Å². The Morgan fingerprint density at radius 1 is 1.21 bits per heavy atom. The average Bonchev–Trinajstić information content (AvgIpc) is 3.33. The maximum absolute atomic E-state index is 12.2. The molecule has 7 nitrogen and oxygen atoms in total. The molecular formula is C19H15N5O2S2. The van der Waals surface area contributed by atoms with Crippen LogP contribution < -0.4 is 10.3 Å². The maximum Gasteiger partial charge on any atom is 0.258 e. The van der Waals surface area contributed by atoms with E-state index in [-0.39, 0.29) is 5.56 Å². The van der Waals surface area contributed by atoms with Crippen molar-refractivity contribution < 1.29 is 4.74 Å². The number of thioether (sulfide) groups is 1. The van der Waals surface area contributed by atoms with E-state index in [1.807, 2.05) is 34.0 Å². The Labute approximate surface area is 167 Å². The van der Waals surface area contributed by atoms with Crippen LogP contribution in [0.1, 0.15) is 11.3 Å². The summed E-state index contributed by atoms with van der Waals surface area (Å²) < 4.78 is 8.97. The monoisotopic (exact) mass is 409 g/mol. The summed E-state index contributed by atoms with van der Waals surface area (Å²) in [5.41, 5.74) is 3.56. The molecule has 0 aliphatic carbocycles. The molecule has 0 saturated heterocycles. The Morgan fingerprint density at radius 2 is 2.11 bits per heavy atom. The zero-order valence-electron chi connectivity index (χ0n) is 15.1. The fourth-order valence-corrected chi connectivity index (χ4v) is 4.81. The van der Waals surface area contributed by atoms with Crippen molar-refractivity contribution in [3.05, 3.63) is 63.5 Å². The van der Waals surface area contributed by atoms with Gasteiger partial charge in [-0.3, -0.25) is 13.6 Å². The highest BCUT2D eigenvalue weighted by Gasteiger charge is 2.13. The third-order valence-electron chi connectivity index (χ3n) is 4.58. The Kier molecular flexibility index (Phi) is 4.06. The average molecular weight is 409 g/mol. The molecule has 5 rings (SSSR count). The Bertz CT molecular complexity index is 1400. The smallest absolute Gasteiger partial charge is 0.258 e. The molecule has 140 valence electrons. The number of hydrogen-bond donors (Lipinski definition) is 0. The van der Waals surface area contributed by atoms with Gasteiger partial charge in [-0.15, -0.1) is 21.5 Å². The Balaban J connectivity index is 1.58. The Hall–Kier alpha value is -2.91. The largest absolute Gasteiger partial charge is 0.497 e. The number of fused-ring (bicyclic) bond motifs is 4. The van der Waals surface area contributed by atoms with Gasteiger partial charge in [0.15, 0.2) is 15.8 Å². The predicted molar refractivity (Wildman–Crippen MR) is 111 cm³/mol. The number of aryl methyl sites for hydroxylation is 1. The molecule has 0 aliphatic heterocycles. The zero-order valence-corrected chi connectivity index (χ0v) is 16.8. The molecule has 0 saturated carbocycles. The van der Waals surface area contributed by atoms with E-state index >= 15 is 0 Å². The van der Waals surface area contributed by atoms with Gasteiger partial charge in [0.2, 0.25) is 0 Å². The highest BCUT2D eigenvalue weighted by molar-refractivity contribution is 7.98. The molecule has 9 heteroatoms. The number of aromatic nitrogens is 5. The van der Waals surface area contributed by atoms with E-state index in [9.17, 15) is 4.79 Å². The number of hydrogen-bond acceptors (Lipinski definition) is 7. The van der Waals surface area contributed by atoms with Crippen LogP contribution in [-0.2, 0) is 5.75 Å². The standard InChI is InChI=1S/C19H15N5O2S2/c1-11-7-16-21-22-19(24(16)15-9-13(26-2)3-4-14(11)15)28-10-12-8-17(25)23-5-6-27-18(23)20-12/h3-9H,10H2,1-2H3. The van der Waals surface area contributed by atoms with Crippen LogP contribution in [-0.4, -0.2) is 31.1 Å². The molecule has 0 aliphatic rings. The molecule has 0 spiro atoms. The van der Waals surface area contributed by atoms with Crippen LogP contribution in [0.5, 0.6) is 5.75 Å². The first kappa shape index (κ1) is 17.2. The van der Waals surface area contributed by atoms with Crippen molar-refractivity contribution >= 4 is 44.6 Å². The van der Waals surface area contributed by atoms with E-state index in [0.29, 0.717) is 10.7 Å². The minimum Gasteiger partial charge on any atom is -0.497 e. The summed E-state index contributed by atoms with van der Waals surface area (Å²) in [6.07, 6.45) is 1.74. The number of thiazole rings is 1. The molecule has 0 radical (unpaired) electrons. The summed E-state index contributed by atoms with van der Waals surface area (Å²) in [4.78, 5) is 17.4. The maximum atomic E-state index is 12.2. The number of nitrogens with zero attached hydrogens (tertiary/aromatic N) is 5. The lowest BCUT2D eigenvalue weighted by atomic mass is 10.1. The fourth-order valence-electron chi connectivity index (χ4n) is 3.22. The third-order valence-corrected chi connectivity index (χ3v) is 6.30. The highest BCUT2D eigenvalue weighted by Crippen LogP contribution is 2.29.